The Morgan fingerprint density at radius 1 is 1.04 bits per heavy atom. The van der Waals surface area contributed by atoms with E-state index in [-0.39, 0.29) is 37.2 Å². The first-order valence-corrected chi connectivity index (χ1v) is 9.69. The number of Topliss-reactive ketones (excluding diaryl/α,β-unsaturated/α-hetero) is 1. The van der Waals surface area contributed by atoms with Crippen molar-refractivity contribution < 1.29 is 19.1 Å². The van der Waals surface area contributed by atoms with Crippen molar-refractivity contribution in [2.75, 3.05) is 6.61 Å². The van der Waals surface area contributed by atoms with Crippen LogP contribution in [-0.4, -0.2) is 24.3 Å². The molecule has 27 heavy (non-hydrogen) atoms. The lowest BCUT2D eigenvalue weighted by Gasteiger charge is -2.15. The van der Waals surface area contributed by atoms with Crippen LogP contribution in [-0.2, 0) is 14.3 Å². The zero-order valence-corrected chi connectivity index (χ0v) is 16.9. The van der Waals surface area contributed by atoms with E-state index >= 15 is 0 Å². The second-order valence-electron chi connectivity index (χ2n) is 6.63. The normalized spacial score (nSPS) is 11.7. The predicted molar refractivity (Wildman–Crippen MR) is 106 cm³/mol. The van der Waals surface area contributed by atoms with E-state index in [1.807, 2.05) is 52.0 Å². The lowest BCUT2D eigenvalue weighted by Crippen LogP contribution is -2.31. The zero-order chi connectivity index (χ0) is 20.0. The summed E-state index contributed by atoms with van der Waals surface area (Å²) in [5.41, 5.74) is 3.35. The summed E-state index contributed by atoms with van der Waals surface area (Å²) in [6.07, 6.45) is 0.0508. The molecule has 1 amide bonds. The number of hydrogen-bond acceptors (Lipinski definition) is 5. The minimum atomic E-state index is -0.550. The molecule has 1 aromatic carbocycles. The van der Waals surface area contributed by atoms with Crippen LogP contribution in [0.5, 0.6) is 0 Å². The molecular formula is C21H25NO4S. The molecule has 2 aromatic rings. The largest absolute Gasteiger partial charge is 0.456 e. The van der Waals surface area contributed by atoms with Crippen molar-refractivity contribution in [2.45, 2.75) is 46.6 Å². The topological polar surface area (TPSA) is 72.5 Å². The van der Waals surface area contributed by atoms with Gasteiger partial charge in [-0.2, -0.15) is 0 Å². The summed E-state index contributed by atoms with van der Waals surface area (Å²) in [5, 5.41) is 2.81. The second kappa shape index (κ2) is 9.46. The van der Waals surface area contributed by atoms with Gasteiger partial charge in [0.05, 0.1) is 17.3 Å². The van der Waals surface area contributed by atoms with Crippen molar-refractivity contribution in [1.82, 2.24) is 5.32 Å². The lowest BCUT2D eigenvalue weighted by atomic mass is 10.0. The molecule has 0 fully saturated rings. The van der Waals surface area contributed by atoms with E-state index in [1.54, 1.807) is 6.07 Å². The van der Waals surface area contributed by atoms with E-state index in [1.165, 1.54) is 16.9 Å². The van der Waals surface area contributed by atoms with Crippen molar-refractivity contribution >= 4 is 29.0 Å². The summed E-state index contributed by atoms with van der Waals surface area (Å²) in [5.74, 6) is -1.00. The van der Waals surface area contributed by atoms with E-state index in [0.717, 1.165) is 16.0 Å². The number of hydrogen-bond donors (Lipinski definition) is 1. The standard InChI is InChI=1S/C21H25NO4S/c1-13-5-7-17(11-14(13)2)16(4)22-20(24)12-26-21(25)10-8-18(23)19-9-6-15(3)27-19/h5-7,9,11,16H,8,10,12H2,1-4H3,(H,22,24)/t16-/m1/s1. The number of esters is 1. The van der Waals surface area contributed by atoms with Crippen LogP contribution in [0.1, 0.15) is 57.0 Å². The van der Waals surface area contributed by atoms with Gasteiger partial charge in [0.15, 0.2) is 12.4 Å². The number of benzene rings is 1. The minimum Gasteiger partial charge on any atom is -0.456 e. The Bertz CT molecular complexity index is 840. The molecule has 1 heterocycles. The number of thiophene rings is 1. The fourth-order valence-corrected chi connectivity index (χ4v) is 3.38. The third-order valence-electron chi connectivity index (χ3n) is 4.34. The van der Waals surface area contributed by atoms with Crippen LogP contribution in [0.4, 0.5) is 0 Å². The first kappa shape index (κ1) is 20.8. The number of carbonyl (C=O) groups is 3. The number of ketones is 1. The van der Waals surface area contributed by atoms with Gasteiger partial charge in [-0.3, -0.25) is 14.4 Å². The number of nitrogens with one attached hydrogen (secondary N) is 1. The van der Waals surface area contributed by atoms with Crippen LogP contribution in [0.3, 0.4) is 0 Å². The third-order valence-corrected chi connectivity index (χ3v) is 5.39. The summed E-state index contributed by atoms with van der Waals surface area (Å²) in [6, 6.07) is 9.46. The highest BCUT2D eigenvalue weighted by atomic mass is 32.1. The minimum absolute atomic E-state index is 0.0320. The Morgan fingerprint density at radius 2 is 1.78 bits per heavy atom. The molecule has 144 valence electrons. The average Bonchev–Trinajstić information content (AvgIpc) is 3.06. The van der Waals surface area contributed by atoms with Crippen molar-refractivity contribution in [3.63, 3.8) is 0 Å². The summed E-state index contributed by atoms with van der Waals surface area (Å²) in [4.78, 5) is 37.4. The molecule has 0 saturated carbocycles. The Balaban J connectivity index is 1.73. The van der Waals surface area contributed by atoms with Crippen LogP contribution < -0.4 is 5.32 Å². The van der Waals surface area contributed by atoms with Crippen molar-refractivity contribution in [1.29, 1.82) is 0 Å². The molecular weight excluding hydrogens is 362 g/mol. The van der Waals surface area contributed by atoms with E-state index in [2.05, 4.69) is 5.32 Å². The third kappa shape index (κ3) is 6.32. The SMILES string of the molecule is Cc1ccc(C(=O)CCC(=O)OCC(=O)N[C@H](C)c2ccc(C)c(C)c2)s1. The van der Waals surface area contributed by atoms with Crippen LogP contribution in [0, 0.1) is 20.8 Å². The highest BCUT2D eigenvalue weighted by Gasteiger charge is 2.15. The number of ether oxygens (including phenoxy) is 1. The molecule has 2 rings (SSSR count). The van der Waals surface area contributed by atoms with E-state index < -0.39 is 5.97 Å². The van der Waals surface area contributed by atoms with Gasteiger partial charge in [0.25, 0.3) is 5.91 Å². The van der Waals surface area contributed by atoms with Gasteiger partial charge in [-0.15, -0.1) is 11.3 Å². The molecule has 1 aromatic heterocycles. The predicted octanol–water partition coefficient (Wildman–Crippen LogP) is 4.06. The zero-order valence-electron chi connectivity index (χ0n) is 16.1. The van der Waals surface area contributed by atoms with Gasteiger partial charge in [-0.25, -0.2) is 0 Å². The van der Waals surface area contributed by atoms with Crippen LogP contribution >= 0.6 is 11.3 Å². The smallest absolute Gasteiger partial charge is 0.306 e. The summed E-state index contributed by atoms with van der Waals surface area (Å²) in [6.45, 7) is 7.51. The van der Waals surface area contributed by atoms with Crippen molar-refractivity contribution in [3.8, 4) is 0 Å². The van der Waals surface area contributed by atoms with Crippen LogP contribution in [0.15, 0.2) is 30.3 Å². The van der Waals surface area contributed by atoms with Gasteiger partial charge in [-0.1, -0.05) is 18.2 Å². The monoisotopic (exact) mass is 387 g/mol. The molecule has 1 atom stereocenters. The number of carbonyl (C=O) groups excluding carboxylic acids is 3. The first-order chi connectivity index (χ1) is 12.8. The molecule has 0 bridgehead atoms. The molecule has 5 nitrogen and oxygen atoms in total. The Kier molecular flexibility index (Phi) is 7.30. The first-order valence-electron chi connectivity index (χ1n) is 8.88. The van der Waals surface area contributed by atoms with E-state index in [0.29, 0.717) is 4.88 Å². The maximum Gasteiger partial charge on any atom is 0.306 e. The van der Waals surface area contributed by atoms with Crippen molar-refractivity contribution in [2.24, 2.45) is 0 Å². The Hall–Kier alpha value is -2.47. The summed E-state index contributed by atoms with van der Waals surface area (Å²) in [7, 11) is 0. The molecule has 1 N–H and O–H groups in total. The van der Waals surface area contributed by atoms with Gasteiger partial charge in [0.2, 0.25) is 0 Å². The molecule has 0 spiro atoms. The molecule has 0 unspecified atom stereocenters. The molecule has 0 radical (unpaired) electrons. The van der Waals surface area contributed by atoms with Gasteiger partial charge in [0.1, 0.15) is 0 Å². The summed E-state index contributed by atoms with van der Waals surface area (Å²) < 4.78 is 4.98. The van der Waals surface area contributed by atoms with Crippen molar-refractivity contribution in [3.05, 3.63) is 56.8 Å². The lowest BCUT2D eigenvalue weighted by molar-refractivity contribution is -0.148. The number of aryl methyl sites for hydroxylation is 3. The number of rotatable bonds is 8. The van der Waals surface area contributed by atoms with E-state index in [9.17, 15) is 14.4 Å². The second-order valence-corrected chi connectivity index (χ2v) is 7.91. The highest BCUT2D eigenvalue weighted by molar-refractivity contribution is 7.14. The van der Waals surface area contributed by atoms with Gasteiger partial charge in [-0.05, 0) is 56.5 Å². The maximum atomic E-state index is 12.0. The van der Waals surface area contributed by atoms with Gasteiger partial charge < -0.3 is 10.1 Å². The average molecular weight is 388 g/mol. The molecule has 6 heteroatoms. The highest BCUT2D eigenvalue weighted by Crippen LogP contribution is 2.18. The van der Waals surface area contributed by atoms with E-state index in [4.69, 9.17) is 4.74 Å². The van der Waals surface area contributed by atoms with Crippen LogP contribution in [0.2, 0.25) is 0 Å². The van der Waals surface area contributed by atoms with Gasteiger partial charge in [0, 0.05) is 11.3 Å². The van der Waals surface area contributed by atoms with Gasteiger partial charge >= 0.3 is 5.97 Å². The molecule has 0 aliphatic carbocycles. The van der Waals surface area contributed by atoms with Crippen LogP contribution in [0.25, 0.3) is 0 Å². The molecule has 0 aliphatic rings. The number of amides is 1. The fraction of sp³-hybridized carbons (Fsp3) is 0.381. The molecule has 0 saturated heterocycles. The Morgan fingerprint density at radius 3 is 2.41 bits per heavy atom. The fourth-order valence-electron chi connectivity index (χ4n) is 2.54. The Labute approximate surface area is 163 Å². The summed E-state index contributed by atoms with van der Waals surface area (Å²) >= 11 is 1.41. The quantitative estimate of drug-likeness (QED) is 0.548. The molecule has 0 aliphatic heterocycles. The maximum absolute atomic E-state index is 12.0.